The molecule has 3 N–H and O–H groups in total. The summed E-state index contributed by atoms with van der Waals surface area (Å²) in [6.07, 6.45) is 8.83. The molecule has 1 atom stereocenters. The Morgan fingerprint density at radius 1 is 1.59 bits per heavy atom. The zero-order valence-corrected chi connectivity index (χ0v) is 10.6. The summed E-state index contributed by atoms with van der Waals surface area (Å²) >= 11 is 0. The first-order valence-corrected chi connectivity index (χ1v) is 6.62. The lowest BCUT2D eigenvalue weighted by atomic mass is 9.64. The number of aromatic nitrogens is 2. The Morgan fingerprint density at radius 2 is 2.35 bits per heavy atom. The summed E-state index contributed by atoms with van der Waals surface area (Å²) in [6, 6.07) is 0. The van der Waals surface area contributed by atoms with Crippen LogP contribution < -0.4 is 5.73 Å². The topological polar surface area (TPSA) is 64.1 Å². The molecule has 0 amide bonds. The fourth-order valence-corrected chi connectivity index (χ4v) is 2.54. The highest BCUT2D eigenvalue weighted by Gasteiger charge is 2.43. The zero-order valence-electron chi connectivity index (χ0n) is 10.6. The van der Waals surface area contributed by atoms with Crippen LogP contribution >= 0.6 is 0 Å². The predicted octanol–water partition coefficient (Wildman–Crippen LogP) is 1.85. The van der Waals surface area contributed by atoms with Crippen molar-refractivity contribution in [1.29, 1.82) is 0 Å². The molecule has 0 bridgehead atoms. The Hall–Kier alpha value is -0.870. The van der Waals surface area contributed by atoms with E-state index in [1.807, 2.05) is 10.9 Å². The minimum atomic E-state index is -0.448. The minimum Gasteiger partial charge on any atom is -0.388 e. The fourth-order valence-electron chi connectivity index (χ4n) is 2.54. The Bertz CT molecular complexity index is 352. The molecule has 0 radical (unpaired) electrons. The molecule has 1 aromatic heterocycles. The quantitative estimate of drug-likeness (QED) is 0.793. The Labute approximate surface area is 103 Å². The van der Waals surface area contributed by atoms with Crippen molar-refractivity contribution in [3.63, 3.8) is 0 Å². The minimum absolute atomic E-state index is 0.0847. The van der Waals surface area contributed by atoms with Gasteiger partial charge in [-0.3, -0.25) is 4.68 Å². The normalized spacial score (nSPS) is 19.9. The van der Waals surface area contributed by atoms with Crippen molar-refractivity contribution in [3.05, 3.63) is 18.0 Å². The van der Waals surface area contributed by atoms with Gasteiger partial charge in [-0.15, -0.1) is 0 Å². The van der Waals surface area contributed by atoms with Gasteiger partial charge in [0.1, 0.15) is 0 Å². The second kappa shape index (κ2) is 5.19. The Balaban J connectivity index is 2.03. The summed E-state index contributed by atoms with van der Waals surface area (Å²) in [7, 11) is 0. The van der Waals surface area contributed by atoms with Crippen LogP contribution in [-0.4, -0.2) is 21.4 Å². The van der Waals surface area contributed by atoms with Gasteiger partial charge in [0.2, 0.25) is 0 Å². The number of aliphatic hydroxyl groups excluding tert-OH is 1. The first kappa shape index (κ1) is 12.6. The second-order valence-corrected chi connectivity index (χ2v) is 5.21. The maximum Gasteiger partial charge on any atom is 0.0888 e. The molecule has 4 heteroatoms. The number of aryl methyl sites for hydroxylation is 1. The lowest BCUT2D eigenvalue weighted by Crippen LogP contribution is -2.42. The zero-order chi connectivity index (χ0) is 12.3. The van der Waals surface area contributed by atoms with E-state index in [-0.39, 0.29) is 5.41 Å². The molecule has 1 aliphatic carbocycles. The molecule has 1 saturated carbocycles. The molecular weight excluding hydrogens is 214 g/mol. The summed E-state index contributed by atoms with van der Waals surface area (Å²) < 4.78 is 1.92. The first-order chi connectivity index (χ1) is 8.22. The van der Waals surface area contributed by atoms with E-state index in [0.717, 1.165) is 37.8 Å². The van der Waals surface area contributed by atoms with Gasteiger partial charge < -0.3 is 10.8 Å². The molecule has 1 aromatic rings. The number of rotatable bonds is 6. The van der Waals surface area contributed by atoms with Crippen LogP contribution in [0.4, 0.5) is 0 Å². The van der Waals surface area contributed by atoms with Crippen LogP contribution in [0.15, 0.2) is 12.4 Å². The van der Waals surface area contributed by atoms with Crippen LogP contribution in [0.2, 0.25) is 0 Å². The van der Waals surface area contributed by atoms with Crippen molar-refractivity contribution in [1.82, 2.24) is 9.78 Å². The van der Waals surface area contributed by atoms with Crippen molar-refractivity contribution in [2.45, 2.75) is 51.7 Å². The number of unbranched alkanes of at least 4 members (excludes halogenated alkanes) is 1. The predicted molar refractivity (Wildman–Crippen MR) is 67.4 cm³/mol. The third kappa shape index (κ3) is 2.38. The third-order valence-corrected chi connectivity index (χ3v) is 4.05. The van der Waals surface area contributed by atoms with Crippen molar-refractivity contribution in [2.75, 3.05) is 6.54 Å². The summed E-state index contributed by atoms with van der Waals surface area (Å²) in [5, 5.41) is 14.7. The summed E-state index contributed by atoms with van der Waals surface area (Å²) in [4.78, 5) is 0. The van der Waals surface area contributed by atoms with Gasteiger partial charge in [0.25, 0.3) is 0 Å². The molecule has 0 aliphatic heterocycles. The molecule has 0 aromatic carbocycles. The van der Waals surface area contributed by atoms with Crippen LogP contribution in [0.5, 0.6) is 0 Å². The summed E-state index contributed by atoms with van der Waals surface area (Å²) in [5.41, 5.74) is 6.64. The van der Waals surface area contributed by atoms with Crippen LogP contribution in [0, 0.1) is 5.41 Å². The molecule has 0 spiro atoms. The van der Waals surface area contributed by atoms with Gasteiger partial charge in [0, 0.05) is 30.3 Å². The van der Waals surface area contributed by atoms with Gasteiger partial charge in [-0.2, -0.15) is 5.10 Å². The summed E-state index contributed by atoms with van der Waals surface area (Å²) in [5.74, 6) is 0. The maximum atomic E-state index is 10.4. The molecule has 1 fully saturated rings. The Morgan fingerprint density at radius 3 is 2.88 bits per heavy atom. The highest BCUT2D eigenvalue weighted by Crippen LogP contribution is 2.49. The summed E-state index contributed by atoms with van der Waals surface area (Å²) in [6.45, 7) is 3.66. The van der Waals surface area contributed by atoms with Crippen LogP contribution in [-0.2, 0) is 6.54 Å². The van der Waals surface area contributed by atoms with Crippen molar-refractivity contribution in [2.24, 2.45) is 11.1 Å². The monoisotopic (exact) mass is 237 g/mol. The molecule has 1 aliphatic rings. The van der Waals surface area contributed by atoms with E-state index in [1.165, 1.54) is 6.42 Å². The standard InChI is InChI=1S/C13H23N3O/c1-2-3-7-16-9-11(8-15-16)12(17)13(10-14)5-4-6-13/h8-9,12,17H,2-7,10,14H2,1H3/t12-/m1/s1. The van der Waals surface area contributed by atoms with Crippen LogP contribution in [0.25, 0.3) is 0 Å². The number of hydrogen-bond acceptors (Lipinski definition) is 3. The molecule has 0 unspecified atom stereocenters. The van der Waals surface area contributed by atoms with Gasteiger partial charge in [-0.25, -0.2) is 0 Å². The molecule has 4 nitrogen and oxygen atoms in total. The van der Waals surface area contributed by atoms with Gasteiger partial charge in [0.15, 0.2) is 0 Å². The number of aliphatic hydroxyl groups is 1. The molecule has 1 heterocycles. The highest BCUT2D eigenvalue weighted by molar-refractivity contribution is 5.14. The smallest absolute Gasteiger partial charge is 0.0888 e. The molecule has 0 saturated heterocycles. The van der Waals surface area contributed by atoms with Gasteiger partial charge in [-0.05, 0) is 19.3 Å². The van der Waals surface area contributed by atoms with Gasteiger partial charge >= 0.3 is 0 Å². The van der Waals surface area contributed by atoms with Gasteiger partial charge in [0.05, 0.1) is 12.3 Å². The lowest BCUT2D eigenvalue weighted by Gasteiger charge is -2.44. The van der Waals surface area contributed by atoms with E-state index in [4.69, 9.17) is 5.73 Å². The number of nitrogens with two attached hydrogens (primary N) is 1. The maximum absolute atomic E-state index is 10.4. The van der Waals surface area contributed by atoms with Crippen molar-refractivity contribution < 1.29 is 5.11 Å². The lowest BCUT2D eigenvalue weighted by molar-refractivity contribution is -0.0297. The molecule has 2 rings (SSSR count). The average Bonchev–Trinajstić information content (AvgIpc) is 2.74. The number of nitrogens with zero attached hydrogens (tertiary/aromatic N) is 2. The Kier molecular flexibility index (Phi) is 3.84. The van der Waals surface area contributed by atoms with E-state index in [2.05, 4.69) is 12.0 Å². The first-order valence-electron chi connectivity index (χ1n) is 6.62. The second-order valence-electron chi connectivity index (χ2n) is 5.21. The highest BCUT2D eigenvalue weighted by atomic mass is 16.3. The number of hydrogen-bond donors (Lipinski definition) is 2. The largest absolute Gasteiger partial charge is 0.388 e. The van der Waals surface area contributed by atoms with Crippen molar-refractivity contribution >= 4 is 0 Å². The van der Waals surface area contributed by atoms with E-state index in [0.29, 0.717) is 6.54 Å². The molecule has 17 heavy (non-hydrogen) atoms. The van der Waals surface area contributed by atoms with E-state index in [1.54, 1.807) is 6.20 Å². The van der Waals surface area contributed by atoms with Crippen molar-refractivity contribution in [3.8, 4) is 0 Å². The molecular formula is C13H23N3O. The van der Waals surface area contributed by atoms with E-state index in [9.17, 15) is 5.11 Å². The van der Waals surface area contributed by atoms with Gasteiger partial charge in [-0.1, -0.05) is 19.8 Å². The van der Waals surface area contributed by atoms with Crippen LogP contribution in [0.3, 0.4) is 0 Å². The average molecular weight is 237 g/mol. The SMILES string of the molecule is CCCCn1cc([C@@H](O)C2(CN)CCC2)cn1. The fraction of sp³-hybridized carbons (Fsp3) is 0.769. The third-order valence-electron chi connectivity index (χ3n) is 4.05. The van der Waals surface area contributed by atoms with Crippen LogP contribution in [0.1, 0.15) is 50.7 Å². The molecule has 96 valence electrons. The van der Waals surface area contributed by atoms with E-state index < -0.39 is 6.10 Å². The van der Waals surface area contributed by atoms with E-state index >= 15 is 0 Å².